The van der Waals surface area contributed by atoms with E-state index in [-0.39, 0.29) is 5.54 Å². The normalized spacial score (nSPS) is 12.4. The molecule has 0 spiro atoms. The SMILES string of the molecule is CCCCCCCCCCCCN=C(CCNCCCCCCCCCCCC)NC(C)(C)C. The van der Waals surface area contributed by atoms with Gasteiger partial charge in [0.25, 0.3) is 0 Å². The van der Waals surface area contributed by atoms with Crippen molar-refractivity contribution in [2.24, 2.45) is 4.99 Å². The van der Waals surface area contributed by atoms with Crippen LogP contribution >= 0.6 is 0 Å². The highest BCUT2D eigenvalue weighted by Gasteiger charge is 2.11. The monoisotopic (exact) mass is 480 g/mol. The van der Waals surface area contributed by atoms with Gasteiger partial charge in [-0.15, -0.1) is 0 Å². The molecular weight excluding hydrogens is 414 g/mol. The van der Waals surface area contributed by atoms with Crippen molar-refractivity contribution in [3.63, 3.8) is 0 Å². The molecule has 0 amide bonds. The molecule has 0 aromatic carbocycles. The molecule has 204 valence electrons. The van der Waals surface area contributed by atoms with Crippen molar-refractivity contribution in [2.45, 2.75) is 175 Å². The van der Waals surface area contributed by atoms with E-state index in [2.05, 4.69) is 45.3 Å². The Morgan fingerprint density at radius 3 is 1.38 bits per heavy atom. The fraction of sp³-hybridized carbons (Fsp3) is 0.968. The molecule has 0 atom stereocenters. The third-order valence-corrected chi connectivity index (χ3v) is 6.58. The van der Waals surface area contributed by atoms with E-state index in [9.17, 15) is 0 Å². The third-order valence-electron chi connectivity index (χ3n) is 6.58. The molecule has 34 heavy (non-hydrogen) atoms. The largest absolute Gasteiger partial charge is 0.369 e. The molecule has 0 radical (unpaired) electrons. The Balaban J connectivity index is 3.74. The molecule has 0 aromatic heterocycles. The smallest absolute Gasteiger partial charge is 0.0979 e. The Morgan fingerprint density at radius 1 is 0.529 bits per heavy atom. The van der Waals surface area contributed by atoms with E-state index in [1.54, 1.807) is 0 Å². The number of unbranched alkanes of at least 4 members (excludes halogenated alkanes) is 18. The molecule has 0 aliphatic heterocycles. The van der Waals surface area contributed by atoms with Gasteiger partial charge in [0.05, 0.1) is 5.84 Å². The zero-order valence-corrected chi connectivity index (χ0v) is 24.4. The number of hydrogen-bond donors (Lipinski definition) is 2. The Morgan fingerprint density at radius 2 is 0.941 bits per heavy atom. The van der Waals surface area contributed by atoms with Gasteiger partial charge in [0.2, 0.25) is 0 Å². The van der Waals surface area contributed by atoms with Crippen molar-refractivity contribution in [3.8, 4) is 0 Å². The lowest BCUT2D eigenvalue weighted by atomic mass is 10.1. The molecule has 3 nitrogen and oxygen atoms in total. The van der Waals surface area contributed by atoms with E-state index >= 15 is 0 Å². The Bertz CT molecular complexity index is 425. The molecule has 0 aliphatic rings. The molecule has 0 saturated carbocycles. The molecule has 0 rings (SSSR count). The number of hydrogen-bond acceptors (Lipinski definition) is 2. The number of rotatable bonds is 25. The highest BCUT2D eigenvalue weighted by molar-refractivity contribution is 5.83. The Hall–Kier alpha value is -0.570. The van der Waals surface area contributed by atoms with E-state index in [0.717, 1.165) is 26.1 Å². The van der Waals surface area contributed by atoms with E-state index in [4.69, 9.17) is 4.99 Å². The Labute approximate surface area is 216 Å². The lowest BCUT2D eigenvalue weighted by Crippen LogP contribution is -2.42. The van der Waals surface area contributed by atoms with Crippen LogP contribution in [-0.4, -0.2) is 31.0 Å². The average molecular weight is 480 g/mol. The Kier molecular flexibility index (Phi) is 25.1. The summed E-state index contributed by atoms with van der Waals surface area (Å²) in [4.78, 5) is 4.94. The second-order valence-electron chi connectivity index (χ2n) is 11.6. The van der Waals surface area contributed by atoms with Crippen LogP contribution in [0.15, 0.2) is 4.99 Å². The summed E-state index contributed by atoms with van der Waals surface area (Å²) in [5.74, 6) is 1.19. The van der Waals surface area contributed by atoms with Crippen molar-refractivity contribution >= 4 is 5.84 Å². The maximum atomic E-state index is 4.94. The van der Waals surface area contributed by atoms with Gasteiger partial charge in [0.1, 0.15) is 0 Å². The minimum atomic E-state index is 0.0904. The zero-order valence-electron chi connectivity index (χ0n) is 24.4. The lowest BCUT2D eigenvalue weighted by Gasteiger charge is -2.23. The molecule has 0 bridgehead atoms. The predicted molar refractivity (Wildman–Crippen MR) is 156 cm³/mol. The topological polar surface area (TPSA) is 36.4 Å². The number of aliphatic imine (C=N–C) groups is 1. The van der Waals surface area contributed by atoms with Crippen LogP contribution in [-0.2, 0) is 0 Å². The van der Waals surface area contributed by atoms with Crippen LogP contribution in [0.3, 0.4) is 0 Å². The second kappa shape index (κ2) is 25.5. The lowest BCUT2D eigenvalue weighted by molar-refractivity contribution is 0.501. The summed E-state index contributed by atoms with van der Waals surface area (Å²) in [6.45, 7) is 14.5. The van der Waals surface area contributed by atoms with Crippen molar-refractivity contribution in [1.29, 1.82) is 0 Å². The van der Waals surface area contributed by atoms with E-state index in [0.29, 0.717) is 0 Å². The zero-order chi connectivity index (χ0) is 25.2. The highest BCUT2D eigenvalue weighted by atomic mass is 15.0. The molecule has 3 heteroatoms. The van der Waals surface area contributed by atoms with Gasteiger partial charge in [-0.05, 0) is 40.2 Å². The van der Waals surface area contributed by atoms with Gasteiger partial charge in [-0.1, -0.05) is 129 Å². The van der Waals surface area contributed by atoms with E-state index in [1.807, 2.05) is 0 Å². The first-order valence-corrected chi connectivity index (χ1v) is 15.5. The molecule has 0 saturated heterocycles. The van der Waals surface area contributed by atoms with Crippen molar-refractivity contribution in [1.82, 2.24) is 10.6 Å². The summed E-state index contributed by atoms with van der Waals surface area (Å²) >= 11 is 0. The average Bonchev–Trinajstić information content (AvgIpc) is 2.79. The van der Waals surface area contributed by atoms with Gasteiger partial charge in [-0.3, -0.25) is 4.99 Å². The van der Waals surface area contributed by atoms with Crippen molar-refractivity contribution in [3.05, 3.63) is 0 Å². The van der Waals surface area contributed by atoms with Crippen LogP contribution in [0.25, 0.3) is 0 Å². The van der Waals surface area contributed by atoms with Crippen LogP contribution in [0.5, 0.6) is 0 Å². The maximum Gasteiger partial charge on any atom is 0.0979 e. The number of amidine groups is 1. The molecule has 0 fully saturated rings. The van der Waals surface area contributed by atoms with Crippen LogP contribution in [0, 0.1) is 0 Å². The van der Waals surface area contributed by atoms with Gasteiger partial charge in [0, 0.05) is 25.0 Å². The fourth-order valence-electron chi connectivity index (χ4n) is 4.50. The number of nitrogens with zero attached hydrogens (tertiary/aromatic N) is 1. The van der Waals surface area contributed by atoms with Gasteiger partial charge < -0.3 is 10.6 Å². The molecule has 0 heterocycles. The molecule has 0 aliphatic carbocycles. The van der Waals surface area contributed by atoms with Crippen molar-refractivity contribution in [2.75, 3.05) is 19.6 Å². The fourth-order valence-corrected chi connectivity index (χ4v) is 4.50. The highest BCUT2D eigenvalue weighted by Crippen LogP contribution is 2.11. The molecular formula is C31H65N3. The van der Waals surface area contributed by atoms with Crippen LogP contribution in [0.2, 0.25) is 0 Å². The second-order valence-corrected chi connectivity index (χ2v) is 11.6. The number of nitrogens with one attached hydrogen (secondary N) is 2. The van der Waals surface area contributed by atoms with Gasteiger partial charge in [-0.25, -0.2) is 0 Å². The summed E-state index contributed by atoms with van der Waals surface area (Å²) in [7, 11) is 0. The van der Waals surface area contributed by atoms with Gasteiger partial charge >= 0.3 is 0 Å². The van der Waals surface area contributed by atoms with Crippen LogP contribution in [0.1, 0.15) is 169 Å². The van der Waals surface area contributed by atoms with Crippen LogP contribution < -0.4 is 10.6 Å². The maximum absolute atomic E-state index is 4.94. The summed E-state index contributed by atoms with van der Waals surface area (Å²) in [5, 5.41) is 7.29. The molecule has 2 N–H and O–H groups in total. The summed E-state index contributed by atoms with van der Waals surface area (Å²) in [5.41, 5.74) is 0.0904. The first kappa shape index (κ1) is 33.4. The van der Waals surface area contributed by atoms with Gasteiger partial charge in [0.15, 0.2) is 0 Å². The predicted octanol–water partition coefficient (Wildman–Crippen LogP) is 9.59. The first-order chi connectivity index (χ1) is 16.5. The van der Waals surface area contributed by atoms with Crippen LogP contribution in [0.4, 0.5) is 0 Å². The quantitative estimate of drug-likeness (QED) is 0.0776. The minimum absolute atomic E-state index is 0.0904. The van der Waals surface area contributed by atoms with E-state index < -0.39 is 0 Å². The third kappa shape index (κ3) is 27.7. The summed E-state index contributed by atoms with van der Waals surface area (Å²) in [6.07, 6.45) is 28.9. The van der Waals surface area contributed by atoms with Crippen molar-refractivity contribution < 1.29 is 0 Å². The standard InChI is InChI=1S/C31H65N3/c1-6-8-10-12-14-16-18-20-22-24-27-32-29-26-30(34-31(3,4)5)33-28-25-23-21-19-17-15-13-11-9-7-2/h32H,6-29H2,1-5H3,(H,33,34). The van der Waals surface area contributed by atoms with Gasteiger partial charge in [-0.2, -0.15) is 0 Å². The summed E-state index contributed by atoms with van der Waals surface area (Å²) < 4.78 is 0. The van der Waals surface area contributed by atoms with E-state index in [1.165, 1.54) is 134 Å². The minimum Gasteiger partial charge on any atom is -0.369 e. The first-order valence-electron chi connectivity index (χ1n) is 15.5. The molecule has 0 unspecified atom stereocenters. The summed E-state index contributed by atoms with van der Waals surface area (Å²) in [6, 6.07) is 0. The molecule has 0 aromatic rings.